The molecule has 0 bridgehead atoms. The Kier molecular flexibility index (Phi) is 42.6. The lowest BCUT2D eigenvalue weighted by Gasteiger charge is -2.30. The Morgan fingerprint density at radius 1 is 0.387 bits per heavy atom. The number of carbonyl (C=O) groups is 12. The molecule has 30 heteroatoms. The molecule has 0 saturated heterocycles. The number of carbonyl (C=O) groups excluding carboxylic acids is 12. The number of nitrogens with one attached hydrogen (secondary N) is 12. The molecule has 14 atom stereocenters. The minimum Gasteiger partial charge on any atom is -0.368 e. The van der Waals surface area contributed by atoms with Crippen molar-refractivity contribution in [2.45, 2.75) is 258 Å². The molecule has 0 aliphatic carbocycles. The lowest BCUT2D eigenvalue weighted by Crippen LogP contribution is -2.62. The summed E-state index contributed by atoms with van der Waals surface area (Å²) in [5.41, 5.74) is 37.6. The molecule has 3 aromatic rings. The maximum atomic E-state index is 15.2. The summed E-state index contributed by atoms with van der Waals surface area (Å²) in [6.07, 6.45) is 7.13. The fourth-order valence-electron chi connectivity index (χ4n) is 12.1. The highest BCUT2D eigenvalue weighted by molar-refractivity contribution is 6.00. The van der Waals surface area contributed by atoms with Crippen molar-refractivity contribution in [1.29, 1.82) is 0 Å². The fourth-order valence-corrected chi connectivity index (χ4v) is 12.1. The van der Waals surface area contributed by atoms with Gasteiger partial charge in [0.15, 0.2) is 0 Å². The van der Waals surface area contributed by atoms with Crippen molar-refractivity contribution >= 4 is 81.8 Å². The molecule has 0 fully saturated rings. The van der Waals surface area contributed by atoms with Crippen LogP contribution in [0.15, 0.2) is 60.8 Å². The van der Waals surface area contributed by atoms with Crippen LogP contribution in [0.5, 0.6) is 0 Å². The lowest BCUT2D eigenvalue weighted by molar-refractivity contribution is -0.137. The fraction of sp³-hybridized carbons (Fsp3) is 0.658. The van der Waals surface area contributed by atoms with Gasteiger partial charge < -0.3 is 97.9 Å². The largest absolute Gasteiger partial charge is 0.368 e. The van der Waals surface area contributed by atoms with Crippen LogP contribution < -0.4 is 92.9 Å². The molecule has 1 aromatic heterocycles. The van der Waals surface area contributed by atoms with E-state index in [1.54, 1.807) is 44.3 Å². The number of aromatic nitrogens is 1. The van der Waals surface area contributed by atoms with Crippen LogP contribution in [0.1, 0.15) is 190 Å². The Bertz CT molecular complexity index is 3240. The van der Waals surface area contributed by atoms with E-state index in [9.17, 15) is 52.7 Å². The minimum absolute atomic E-state index is 0.0228. The van der Waals surface area contributed by atoms with E-state index in [1.807, 2.05) is 85.7 Å². The van der Waals surface area contributed by atoms with E-state index in [1.165, 1.54) is 0 Å². The number of fused-ring (bicyclic) bond motifs is 1. The number of primary amides is 1. The third-order valence-corrected chi connectivity index (χ3v) is 19.3. The van der Waals surface area contributed by atoms with Gasteiger partial charge in [0.1, 0.15) is 60.4 Å². The summed E-state index contributed by atoms with van der Waals surface area (Å²) in [6.45, 7) is 18.8. The Hall–Kier alpha value is -8.58. The smallest absolute Gasteiger partial charge is 0.243 e. The molecule has 24 N–H and O–H groups in total. The lowest BCUT2D eigenvalue weighted by atomic mass is 9.95. The number of H-pyrrole nitrogens is 1. The van der Waals surface area contributed by atoms with E-state index in [2.05, 4.69) is 63.5 Å². The molecule has 106 heavy (non-hydrogen) atoms. The summed E-state index contributed by atoms with van der Waals surface area (Å²) in [5, 5.41) is 31.4. The SMILES string of the molecule is CC[C@H](C)[C@H](N)C(=O)N[C@@H](CC(C)C)C(=O)NCC(=O)N[C@@H](CCCCN)C(=O)N[C@H](C(=O)N[C@@H](Cc1c[nH]c2ccccc12)C(=O)N[C@@H](CCCCN)C(=O)N[C@H](C(=O)N[C@@H](CCCCN)C(=O)N[C@@H](CCCCN)C(=O)N[C@@H](CC(C)C)C(=O)N[C@@H](Cc1ccccc1)C(N)=O)[C@@H](C)CC)[C@@H](C)CC. The number of para-hydroxylation sites is 1. The highest BCUT2D eigenvalue weighted by Gasteiger charge is 2.38. The van der Waals surface area contributed by atoms with Crippen molar-refractivity contribution < 1.29 is 57.5 Å². The minimum atomic E-state index is -1.40. The summed E-state index contributed by atoms with van der Waals surface area (Å²) in [4.78, 5) is 174. The van der Waals surface area contributed by atoms with Crippen molar-refractivity contribution in [3.63, 3.8) is 0 Å². The molecular formula is C76H128N18O12. The first-order valence-electron chi connectivity index (χ1n) is 38.2. The number of unbranched alkanes of at least 4 members (excludes halogenated alkanes) is 4. The maximum absolute atomic E-state index is 15.2. The van der Waals surface area contributed by atoms with Gasteiger partial charge in [0.2, 0.25) is 70.9 Å². The first-order valence-corrected chi connectivity index (χ1v) is 38.2. The number of amides is 12. The third kappa shape index (κ3) is 32.2. The first-order chi connectivity index (χ1) is 50.5. The predicted molar refractivity (Wildman–Crippen MR) is 411 cm³/mol. The number of hydrogen-bond acceptors (Lipinski definition) is 17. The van der Waals surface area contributed by atoms with Gasteiger partial charge in [-0.15, -0.1) is 0 Å². The second kappa shape index (κ2) is 49.3. The van der Waals surface area contributed by atoms with E-state index in [-0.39, 0.29) is 95.3 Å². The van der Waals surface area contributed by atoms with E-state index in [0.717, 1.165) is 16.5 Å². The van der Waals surface area contributed by atoms with Gasteiger partial charge in [-0.25, -0.2) is 0 Å². The molecule has 594 valence electrons. The summed E-state index contributed by atoms with van der Waals surface area (Å²) >= 11 is 0. The zero-order chi connectivity index (χ0) is 79.0. The highest BCUT2D eigenvalue weighted by atomic mass is 16.2. The predicted octanol–water partition coefficient (Wildman–Crippen LogP) is 1.48. The zero-order valence-electron chi connectivity index (χ0n) is 64.3. The number of nitrogens with two attached hydrogens (primary N) is 6. The maximum Gasteiger partial charge on any atom is 0.243 e. The average Bonchev–Trinajstić information content (AvgIpc) is 1.47. The summed E-state index contributed by atoms with van der Waals surface area (Å²) < 4.78 is 0. The second-order valence-corrected chi connectivity index (χ2v) is 29.0. The molecule has 0 unspecified atom stereocenters. The van der Waals surface area contributed by atoms with Crippen LogP contribution in [0.25, 0.3) is 10.9 Å². The van der Waals surface area contributed by atoms with Gasteiger partial charge in [0.05, 0.1) is 12.6 Å². The molecular weight excluding hydrogens is 1360 g/mol. The van der Waals surface area contributed by atoms with E-state index in [0.29, 0.717) is 76.2 Å². The van der Waals surface area contributed by atoms with E-state index in [4.69, 9.17) is 34.4 Å². The van der Waals surface area contributed by atoms with Crippen LogP contribution in [-0.2, 0) is 70.4 Å². The van der Waals surface area contributed by atoms with Gasteiger partial charge >= 0.3 is 0 Å². The second-order valence-electron chi connectivity index (χ2n) is 29.0. The van der Waals surface area contributed by atoms with Crippen LogP contribution in [0.3, 0.4) is 0 Å². The van der Waals surface area contributed by atoms with Crippen molar-refractivity contribution in [3.05, 3.63) is 71.9 Å². The Morgan fingerprint density at radius 3 is 1.20 bits per heavy atom. The third-order valence-electron chi connectivity index (χ3n) is 19.3. The molecule has 30 nitrogen and oxygen atoms in total. The molecule has 0 spiro atoms. The molecule has 0 saturated carbocycles. The molecule has 0 radical (unpaired) electrons. The molecule has 12 amide bonds. The summed E-state index contributed by atoms with van der Waals surface area (Å²) in [6, 6.07) is 3.15. The van der Waals surface area contributed by atoms with Gasteiger partial charge in [-0.05, 0) is 163 Å². The monoisotopic (exact) mass is 1480 g/mol. The molecule has 0 aliphatic heterocycles. The van der Waals surface area contributed by atoms with Gasteiger partial charge in [-0.3, -0.25) is 57.5 Å². The quantitative estimate of drug-likeness (QED) is 0.0356. The Labute approximate surface area is 626 Å². The number of aromatic amines is 1. The van der Waals surface area contributed by atoms with E-state index < -0.39 is 156 Å². The van der Waals surface area contributed by atoms with E-state index >= 15 is 4.79 Å². The first kappa shape index (κ1) is 91.6. The van der Waals surface area contributed by atoms with Crippen LogP contribution in [0.2, 0.25) is 0 Å². The van der Waals surface area contributed by atoms with Gasteiger partial charge in [-0.2, -0.15) is 0 Å². The standard InChI is InChI=1S/C76H128N18O12/c1-11-47(8)63(81)74(104)91-59(39-45(4)5)67(97)84-44-62(95)85-54(31-19-23-35-77)70(100)93-65(49(10)13-3)76(106)92-61(42-51-43-83-53-30-18-17-29-52(51)53)73(103)87-57(34-22-26-38-80)71(101)94-64(48(9)12-2)75(105)88-56(33-21-25-37-79)68(98)86-55(32-20-24-36-78)69(99)90-60(40-46(6)7)72(102)89-58(66(82)96)41-50-27-15-14-16-28-50/h14-18,27-30,43,45-49,54-61,63-65,83H,11-13,19-26,31-42,44,77-81H2,1-10H3,(H2,82,96)(H,84,97)(H,85,95)(H,86,98)(H,87,103)(H,88,105)(H,89,102)(H,90,99)(H,91,104)(H,92,106)(H,93,100)(H,94,101)/t47-,48-,49-,54-,55-,56-,57-,58-,59-,60-,61-,63-,64-,65-/m0/s1. The molecule has 1 heterocycles. The van der Waals surface area contributed by atoms with Gasteiger partial charge in [0, 0.05) is 29.9 Å². The number of rotatable bonds is 53. The summed E-state index contributed by atoms with van der Waals surface area (Å²) in [5.74, 6) is -9.91. The van der Waals surface area contributed by atoms with Crippen molar-refractivity contribution in [2.75, 3.05) is 32.7 Å². The van der Waals surface area contributed by atoms with Crippen LogP contribution in [0, 0.1) is 29.6 Å². The zero-order valence-corrected chi connectivity index (χ0v) is 64.3. The number of benzene rings is 2. The van der Waals surface area contributed by atoms with Gasteiger partial charge in [-0.1, -0.05) is 137 Å². The summed E-state index contributed by atoms with van der Waals surface area (Å²) in [7, 11) is 0. The van der Waals surface area contributed by atoms with Crippen molar-refractivity contribution in [2.24, 2.45) is 64.0 Å². The number of hydrogen-bond donors (Lipinski definition) is 18. The topological polar surface area (TPSA) is 509 Å². The molecule has 0 aliphatic rings. The normalized spacial score (nSPS) is 15.4. The Balaban J connectivity index is 1.99. The van der Waals surface area contributed by atoms with Crippen LogP contribution in [-0.4, -0.2) is 175 Å². The Morgan fingerprint density at radius 2 is 0.755 bits per heavy atom. The van der Waals surface area contributed by atoms with Crippen LogP contribution in [0.4, 0.5) is 0 Å². The average molecular weight is 1490 g/mol. The van der Waals surface area contributed by atoms with Crippen molar-refractivity contribution in [1.82, 2.24) is 63.5 Å². The van der Waals surface area contributed by atoms with Gasteiger partial charge in [0.25, 0.3) is 0 Å². The highest BCUT2D eigenvalue weighted by Crippen LogP contribution is 2.22. The molecule has 2 aromatic carbocycles. The van der Waals surface area contributed by atoms with Crippen molar-refractivity contribution in [3.8, 4) is 0 Å². The molecule has 3 rings (SSSR count). The van der Waals surface area contributed by atoms with Crippen LogP contribution >= 0.6 is 0 Å².